The number of anilines is 1. The summed E-state index contributed by atoms with van der Waals surface area (Å²) >= 11 is 1.55. The minimum absolute atomic E-state index is 0.0222. The molecule has 0 unspecified atom stereocenters. The normalized spacial score (nSPS) is 11.0. The number of hydrogen-bond acceptors (Lipinski definition) is 5. The molecule has 0 spiro atoms. The summed E-state index contributed by atoms with van der Waals surface area (Å²) in [4.78, 5) is 13.4. The molecule has 0 radical (unpaired) electrons. The SMILES string of the molecule is O=C(Nc1cccc(-c2ccc3nnc(-c4cccs4)n3n2)c1)c1ccc(F)c(F)c1. The molecule has 3 aromatic heterocycles. The van der Waals surface area contributed by atoms with E-state index in [0.29, 0.717) is 22.9 Å². The topological polar surface area (TPSA) is 72.2 Å². The quantitative estimate of drug-likeness (QED) is 0.431. The summed E-state index contributed by atoms with van der Waals surface area (Å²) in [6.07, 6.45) is 0. The second-order valence-electron chi connectivity index (χ2n) is 6.65. The van der Waals surface area contributed by atoms with Crippen LogP contribution >= 0.6 is 11.3 Å². The van der Waals surface area contributed by atoms with Gasteiger partial charge in [0.2, 0.25) is 0 Å². The molecule has 9 heteroatoms. The number of nitrogens with one attached hydrogen (secondary N) is 1. The van der Waals surface area contributed by atoms with Gasteiger partial charge in [-0.2, -0.15) is 9.61 Å². The van der Waals surface area contributed by atoms with Crippen LogP contribution in [-0.4, -0.2) is 25.7 Å². The minimum atomic E-state index is -1.07. The van der Waals surface area contributed by atoms with Crippen LogP contribution in [-0.2, 0) is 0 Å². The Morgan fingerprint density at radius 3 is 2.65 bits per heavy atom. The fourth-order valence-corrected chi connectivity index (χ4v) is 3.79. The van der Waals surface area contributed by atoms with Gasteiger partial charge < -0.3 is 5.32 Å². The van der Waals surface area contributed by atoms with Gasteiger partial charge in [0.05, 0.1) is 10.6 Å². The lowest BCUT2D eigenvalue weighted by molar-refractivity contribution is 0.102. The summed E-state index contributed by atoms with van der Waals surface area (Å²) in [5, 5.41) is 17.7. The van der Waals surface area contributed by atoms with E-state index in [1.54, 1.807) is 34.1 Å². The lowest BCUT2D eigenvalue weighted by atomic mass is 10.1. The standard InChI is InChI=1S/C22H13F2N5OS/c23-16-7-6-14(12-17(16)24)22(30)25-15-4-1-3-13(11-15)18-8-9-20-26-27-21(29(20)28-18)19-5-2-10-31-19/h1-12H,(H,25,30). The molecule has 0 aliphatic carbocycles. The first-order valence-electron chi connectivity index (χ1n) is 9.22. The van der Waals surface area contributed by atoms with E-state index in [-0.39, 0.29) is 5.56 Å². The van der Waals surface area contributed by atoms with E-state index in [1.807, 2.05) is 35.7 Å². The molecular formula is C22H13F2N5OS. The van der Waals surface area contributed by atoms with Crippen molar-refractivity contribution < 1.29 is 13.6 Å². The number of benzene rings is 2. The molecule has 0 aliphatic heterocycles. The predicted octanol–water partition coefficient (Wildman–Crippen LogP) is 5.05. The summed E-state index contributed by atoms with van der Waals surface area (Å²) in [6.45, 7) is 0. The highest BCUT2D eigenvalue weighted by molar-refractivity contribution is 7.13. The highest BCUT2D eigenvalue weighted by Crippen LogP contribution is 2.26. The number of carbonyl (C=O) groups is 1. The van der Waals surface area contributed by atoms with Crippen LogP contribution in [0, 0.1) is 11.6 Å². The van der Waals surface area contributed by atoms with Crippen LogP contribution in [0.4, 0.5) is 14.5 Å². The molecule has 0 bridgehead atoms. The van der Waals surface area contributed by atoms with Gasteiger partial charge in [0.15, 0.2) is 23.1 Å². The summed E-state index contributed by atoms with van der Waals surface area (Å²) in [6, 6.07) is 17.6. The molecule has 0 fully saturated rings. The average molecular weight is 433 g/mol. The summed E-state index contributed by atoms with van der Waals surface area (Å²) in [5.74, 6) is -1.97. The molecule has 5 aromatic rings. The average Bonchev–Trinajstić information content (AvgIpc) is 3.45. The van der Waals surface area contributed by atoms with Crippen LogP contribution < -0.4 is 5.32 Å². The van der Waals surface area contributed by atoms with Crippen LogP contribution in [0.2, 0.25) is 0 Å². The van der Waals surface area contributed by atoms with Gasteiger partial charge >= 0.3 is 0 Å². The van der Waals surface area contributed by atoms with E-state index >= 15 is 0 Å². The van der Waals surface area contributed by atoms with Crippen LogP contribution in [0.1, 0.15) is 10.4 Å². The largest absolute Gasteiger partial charge is 0.322 e. The Labute approximate surface area is 178 Å². The molecule has 3 heterocycles. The minimum Gasteiger partial charge on any atom is -0.322 e. The van der Waals surface area contributed by atoms with E-state index < -0.39 is 17.5 Å². The Kier molecular flexibility index (Phi) is 4.72. The van der Waals surface area contributed by atoms with Crippen molar-refractivity contribution in [3.63, 3.8) is 0 Å². The fourth-order valence-electron chi connectivity index (χ4n) is 3.10. The number of rotatable bonds is 4. The smallest absolute Gasteiger partial charge is 0.255 e. The number of amides is 1. The molecule has 0 saturated carbocycles. The van der Waals surface area contributed by atoms with Crippen molar-refractivity contribution in [2.45, 2.75) is 0 Å². The third-order valence-electron chi connectivity index (χ3n) is 4.60. The number of thiophene rings is 1. The van der Waals surface area contributed by atoms with Crippen molar-refractivity contribution in [3.8, 4) is 22.0 Å². The fraction of sp³-hybridized carbons (Fsp3) is 0. The predicted molar refractivity (Wildman–Crippen MR) is 114 cm³/mol. The number of carbonyl (C=O) groups excluding carboxylic acids is 1. The third kappa shape index (κ3) is 3.66. The van der Waals surface area contributed by atoms with Gasteiger partial charge in [-0.15, -0.1) is 21.5 Å². The Balaban J connectivity index is 1.46. The van der Waals surface area contributed by atoms with Crippen molar-refractivity contribution >= 4 is 28.6 Å². The molecule has 0 aliphatic rings. The second-order valence-corrected chi connectivity index (χ2v) is 7.60. The Morgan fingerprint density at radius 1 is 0.935 bits per heavy atom. The maximum atomic E-state index is 13.4. The molecule has 1 N–H and O–H groups in total. The molecule has 1 amide bonds. The Bertz CT molecular complexity index is 1410. The van der Waals surface area contributed by atoms with Gasteiger partial charge in [0.1, 0.15) is 0 Å². The molecule has 2 aromatic carbocycles. The molecule has 0 saturated heterocycles. The zero-order valence-corrected chi connectivity index (χ0v) is 16.6. The van der Waals surface area contributed by atoms with Crippen molar-refractivity contribution in [1.29, 1.82) is 0 Å². The maximum absolute atomic E-state index is 13.4. The number of hydrogen-bond donors (Lipinski definition) is 1. The molecular weight excluding hydrogens is 420 g/mol. The highest BCUT2D eigenvalue weighted by Gasteiger charge is 2.13. The van der Waals surface area contributed by atoms with Crippen LogP contribution in [0.3, 0.4) is 0 Å². The van der Waals surface area contributed by atoms with Crippen molar-refractivity contribution in [1.82, 2.24) is 19.8 Å². The lowest BCUT2D eigenvalue weighted by Crippen LogP contribution is -2.12. The lowest BCUT2D eigenvalue weighted by Gasteiger charge is -2.08. The first-order chi connectivity index (χ1) is 15.1. The molecule has 152 valence electrons. The summed E-state index contributed by atoms with van der Waals surface area (Å²) in [5.41, 5.74) is 2.56. The van der Waals surface area contributed by atoms with Crippen LogP contribution in [0.5, 0.6) is 0 Å². The van der Waals surface area contributed by atoms with Crippen LogP contribution in [0.15, 0.2) is 72.1 Å². The molecule has 31 heavy (non-hydrogen) atoms. The molecule has 6 nitrogen and oxygen atoms in total. The third-order valence-corrected chi connectivity index (χ3v) is 5.47. The van der Waals surface area contributed by atoms with E-state index in [4.69, 9.17) is 0 Å². The van der Waals surface area contributed by atoms with E-state index in [2.05, 4.69) is 20.6 Å². The first kappa shape index (κ1) is 19.0. The number of fused-ring (bicyclic) bond motifs is 1. The second kappa shape index (κ2) is 7.69. The molecule has 0 atom stereocenters. The zero-order valence-electron chi connectivity index (χ0n) is 15.8. The Hall–Kier alpha value is -3.98. The van der Waals surface area contributed by atoms with Gasteiger partial charge in [0.25, 0.3) is 5.91 Å². The van der Waals surface area contributed by atoms with Gasteiger partial charge in [0, 0.05) is 16.8 Å². The van der Waals surface area contributed by atoms with E-state index in [1.165, 1.54) is 6.07 Å². The van der Waals surface area contributed by atoms with E-state index in [0.717, 1.165) is 22.6 Å². The van der Waals surface area contributed by atoms with Crippen molar-refractivity contribution in [2.75, 3.05) is 5.32 Å². The number of aromatic nitrogens is 4. The Morgan fingerprint density at radius 2 is 1.84 bits per heavy atom. The van der Waals surface area contributed by atoms with Crippen molar-refractivity contribution in [2.24, 2.45) is 0 Å². The maximum Gasteiger partial charge on any atom is 0.255 e. The van der Waals surface area contributed by atoms with Gasteiger partial charge in [-0.3, -0.25) is 4.79 Å². The summed E-state index contributed by atoms with van der Waals surface area (Å²) < 4.78 is 28.2. The van der Waals surface area contributed by atoms with Gasteiger partial charge in [-0.1, -0.05) is 18.2 Å². The molecule has 5 rings (SSSR count). The summed E-state index contributed by atoms with van der Waals surface area (Å²) in [7, 11) is 0. The first-order valence-corrected chi connectivity index (χ1v) is 10.1. The zero-order chi connectivity index (χ0) is 21.4. The van der Waals surface area contributed by atoms with Crippen molar-refractivity contribution in [3.05, 3.63) is 89.3 Å². The van der Waals surface area contributed by atoms with Gasteiger partial charge in [-0.05, 0) is 53.9 Å². The highest BCUT2D eigenvalue weighted by atomic mass is 32.1. The van der Waals surface area contributed by atoms with E-state index in [9.17, 15) is 13.6 Å². The monoisotopic (exact) mass is 433 g/mol. The number of nitrogens with zero attached hydrogens (tertiary/aromatic N) is 4. The van der Waals surface area contributed by atoms with Gasteiger partial charge in [-0.25, -0.2) is 8.78 Å². The van der Waals surface area contributed by atoms with Crippen LogP contribution in [0.25, 0.3) is 27.6 Å². The number of halogens is 2.